The molecule has 0 aromatic heterocycles. The van der Waals surface area contributed by atoms with Gasteiger partial charge in [-0.15, -0.1) is 0 Å². The molecular formula is C14H8F6O3. The standard InChI is InChI=1S/C14H8F6O3/c15-13(16,17)12(11(21)22,14(18,19)20)23-10-7-3-5-8-4-1-2-6-9(8)10/h1-7H,(H,21,22). The highest BCUT2D eigenvalue weighted by Gasteiger charge is 2.79. The van der Waals surface area contributed by atoms with Gasteiger partial charge in [0.25, 0.3) is 0 Å². The van der Waals surface area contributed by atoms with Crippen LogP contribution in [-0.4, -0.2) is 29.0 Å². The molecule has 2 aromatic carbocycles. The summed E-state index contributed by atoms with van der Waals surface area (Å²) >= 11 is 0. The molecule has 2 aromatic rings. The number of alkyl halides is 6. The van der Waals surface area contributed by atoms with Gasteiger partial charge in [0.2, 0.25) is 0 Å². The molecule has 9 heteroatoms. The molecule has 0 amide bonds. The van der Waals surface area contributed by atoms with Crippen molar-refractivity contribution < 1.29 is 41.0 Å². The summed E-state index contributed by atoms with van der Waals surface area (Å²) in [6.07, 6.45) is -12.4. The van der Waals surface area contributed by atoms with Crippen LogP contribution in [0.1, 0.15) is 0 Å². The fourth-order valence-electron chi connectivity index (χ4n) is 2.01. The zero-order valence-electron chi connectivity index (χ0n) is 11.1. The van der Waals surface area contributed by atoms with E-state index < -0.39 is 29.7 Å². The SMILES string of the molecule is O=C(O)C(Oc1cccc2ccccc12)(C(F)(F)F)C(F)(F)F. The Bertz CT molecular complexity index is 716. The fraction of sp³-hybridized carbons (Fsp3) is 0.214. The second-order valence-electron chi connectivity index (χ2n) is 4.56. The molecule has 0 aliphatic heterocycles. The van der Waals surface area contributed by atoms with Crippen LogP contribution >= 0.6 is 0 Å². The number of carboxylic acid groups (broad SMARTS) is 1. The van der Waals surface area contributed by atoms with Crippen molar-refractivity contribution in [2.45, 2.75) is 18.0 Å². The maximum Gasteiger partial charge on any atom is 0.449 e. The number of ether oxygens (including phenoxy) is 1. The number of halogens is 6. The van der Waals surface area contributed by atoms with Crippen LogP contribution < -0.4 is 4.74 Å². The number of rotatable bonds is 3. The number of hydrogen-bond acceptors (Lipinski definition) is 2. The maximum absolute atomic E-state index is 13.0. The predicted octanol–water partition coefficient (Wildman–Crippen LogP) is 4.17. The van der Waals surface area contributed by atoms with Gasteiger partial charge in [0.05, 0.1) is 0 Å². The van der Waals surface area contributed by atoms with E-state index >= 15 is 0 Å². The van der Waals surface area contributed by atoms with Crippen LogP contribution in [0.5, 0.6) is 5.75 Å². The summed E-state index contributed by atoms with van der Waals surface area (Å²) < 4.78 is 81.9. The summed E-state index contributed by atoms with van der Waals surface area (Å²) in [5.41, 5.74) is -5.36. The molecule has 0 heterocycles. The number of benzene rings is 2. The molecular weight excluding hydrogens is 330 g/mol. The summed E-state index contributed by atoms with van der Waals surface area (Å²) in [7, 11) is 0. The van der Waals surface area contributed by atoms with Gasteiger partial charge >= 0.3 is 23.9 Å². The first kappa shape index (κ1) is 16.9. The first-order valence-electron chi connectivity index (χ1n) is 6.04. The number of hydrogen-bond donors (Lipinski definition) is 1. The quantitative estimate of drug-likeness (QED) is 0.855. The normalized spacial score (nSPS) is 13.1. The van der Waals surface area contributed by atoms with E-state index in [1.54, 1.807) is 0 Å². The van der Waals surface area contributed by atoms with Gasteiger partial charge in [-0.1, -0.05) is 36.4 Å². The van der Waals surface area contributed by atoms with E-state index in [2.05, 4.69) is 4.74 Å². The van der Waals surface area contributed by atoms with Crippen LogP contribution in [0.3, 0.4) is 0 Å². The van der Waals surface area contributed by atoms with E-state index in [1.807, 2.05) is 0 Å². The maximum atomic E-state index is 13.0. The Balaban J connectivity index is 2.69. The molecule has 0 bridgehead atoms. The Labute approximate surface area is 125 Å². The summed E-state index contributed by atoms with van der Waals surface area (Å²) in [6, 6.07) is 9.00. The van der Waals surface area contributed by atoms with Crippen molar-refractivity contribution in [2.24, 2.45) is 0 Å². The van der Waals surface area contributed by atoms with E-state index in [1.165, 1.54) is 30.3 Å². The Kier molecular flexibility index (Phi) is 3.91. The van der Waals surface area contributed by atoms with Crippen molar-refractivity contribution in [3.05, 3.63) is 42.5 Å². The topological polar surface area (TPSA) is 46.5 Å². The summed E-state index contributed by atoms with van der Waals surface area (Å²) in [5, 5.41) is 8.89. The molecule has 0 aliphatic rings. The van der Waals surface area contributed by atoms with Gasteiger partial charge in [-0.2, -0.15) is 26.3 Å². The molecule has 0 radical (unpaired) electrons. The minimum absolute atomic E-state index is 0.0749. The Morgan fingerprint density at radius 3 is 1.91 bits per heavy atom. The van der Waals surface area contributed by atoms with Crippen LogP contribution in [0.25, 0.3) is 10.8 Å². The van der Waals surface area contributed by atoms with E-state index in [4.69, 9.17) is 5.11 Å². The molecule has 0 spiro atoms. The molecule has 124 valence electrons. The van der Waals surface area contributed by atoms with Crippen LogP contribution in [-0.2, 0) is 4.79 Å². The zero-order chi connectivity index (χ0) is 17.5. The minimum atomic E-state index is -6.21. The molecule has 0 fully saturated rings. The molecule has 0 unspecified atom stereocenters. The van der Waals surface area contributed by atoms with Crippen molar-refractivity contribution >= 4 is 16.7 Å². The lowest BCUT2D eigenvalue weighted by Crippen LogP contribution is -2.66. The van der Waals surface area contributed by atoms with Crippen LogP contribution in [0.4, 0.5) is 26.3 Å². The molecule has 3 nitrogen and oxygen atoms in total. The monoisotopic (exact) mass is 338 g/mol. The minimum Gasteiger partial charge on any atom is -0.478 e. The van der Waals surface area contributed by atoms with Gasteiger partial charge in [0.15, 0.2) is 0 Å². The second kappa shape index (κ2) is 5.32. The summed E-state index contributed by atoms with van der Waals surface area (Å²) in [5.74, 6) is -4.02. The molecule has 2 rings (SSSR count). The lowest BCUT2D eigenvalue weighted by molar-refractivity contribution is -0.345. The highest BCUT2D eigenvalue weighted by atomic mass is 19.4. The smallest absolute Gasteiger partial charge is 0.449 e. The largest absolute Gasteiger partial charge is 0.478 e. The van der Waals surface area contributed by atoms with Gasteiger partial charge in [0, 0.05) is 5.39 Å². The van der Waals surface area contributed by atoms with Crippen molar-refractivity contribution in [3.8, 4) is 5.75 Å². The highest BCUT2D eigenvalue weighted by molar-refractivity contribution is 5.89. The number of carbonyl (C=O) groups is 1. The Hall–Kier alpha value is -2.45. The Morgan fingerprint density at radius 1 is 0.870 bits per heavy atom. The molecule has 0 saturated heterocycles. The van der Waals surface area contributed by atoms with Gasteiger partial charge in [-0.3, -0.25) is 0 Å². The van der Waals surface area contributed by atoms with Crippen molar-refractivity contribution in [1.29, 1.82) is 0 Å². The second-order valence-corrected chi connectivity index (χ2v) is 4.56. The number of fused-ring (bicyclic) bond motifs is 1. The van der Waals surface area contributed by atoms with Gasteiger partial charge in [-0.25, -0.2) is 4.79 Å². The molecule has 0 atom stereocenters. The van der Waals surface area contributed by atoms with Crippen LogP contribution in [0, 0.1) is 0 Å². The average molecular weight is 338 g/mol. The summed E-state index contributed by atoms with van der Waals surface area (Å²) in [6.45, 7) is 0. The third-order valence-electron chi connectivity index (χ3n) is 3.11. The van der Waals surface area contributed by atoms with Crippen molar-refractivity contribution in [2.75, 3.05) is 0 Å². The lowest BCUT2D eigenvalue weighted by atomic mass is 10.0. The lowest BCUT2D eigenvalue weighted by Gasteiger charge is -2.33. The van der Waals surface area contributed by atoms with Crippen molar-refractivity contribution in [1.82, 2.24) is 0 Å². The zero-order valence-corrected chi connectivity index (χ0v) is 11.1. The average Bonchev–Trinajstić information content (AvgIpc) is 2.41. The summed E-state index contributed by atoms with van der Waals surface area (Å²) in [4.78, 5) is 10.9. The van der Waals surface area contributed by atoms with Gasteiger partial charge < -0.3 is 9.84 Å². The van der Waals surface area contributed by atoms with Gasteiger partial charge in [0.1, 0.15) is 5.75 Å². The fourth-order valence-corrected chi connectivity index (χ4v) is 2.01. The number of carboxylic acids is 1. The molecule has 1 N–H and O–H groups in total. The predicted molar refractivity (Wildman–Crippen MR) is 67.1 cm³/mol. The van der Waals surface area contributed by atoms with E-state index in [-0.39, 0.29) is 5.39 Å². The molecule has 0 saturated carbocycles. The van der Waals surface area contributed by atoms with Gasteiger partial charge in [-0.05, 0) is 11.5 Å². The van der Waals surface area contributed by atoms with E-state index in [0.29, 0.717) is 5.39 Å². The first-order chi connectivity index (χ1) is 10.5. The first-order valence-corrected chi connectivity index (χ1v) is 6.04. The number of aliphatic carboxylic acids is 1. The molecule has 0 aliphatic carbocycles. The van der Waals surface area contributed by atoms with Crippen LogP contribution in [0.15, 0.2) is 42.5 Å². The Morgan fingerprint density at radius 2 is 1.39 bits per heavy atom. The van der Waals surface area contributed by atoms with E-state index in [9.17, 15) is 31.1 Å². The van der Waals surface area contributed by atoms with Crippen molar-refractivity contribution in [3.63, 3.8) is 0 Å². The van der Waals surface area contributed by atoms with Crippen LogP contribution in [0.2, 0.25) is 0 Å². The highest BCUT2D eigenvalue weighted by Crippen LogP contribution is 2.47. The third-order valence-corrected chi connectivity index (χ3v) is 3.11. The third kappa shape index (κ3) is 2.66. The van der Waals surface area contributed by atoms with E-state index in [0.717, 1.165) is 12.1 Å². The molecule has 23 heavy (non-hydrogen) atoms.